The van der Waals surface area contributed by atoms with Crippen LogP contribution >= 0.6 is 11.6 Å². The number of hydrogen-bond acceptors (Lipinski definition) is 5. The lowest BCUT2D eigenvalue weighted by Crippen LogP contribution is -2.45. The molecule has 1 aromatic heterocycles. The van der Waals surface area contributed by atoms with Gasteiger partial charge in [0.1, 0.15) is 0 Å². The van der Waals surface area contributed by atoms with Crippen molar-refractivity contribution in [3.05, 3.63) is 35.2 Å². The first-order valence-corrected chi connectivity index (χ1v) is 7.99. The van der Waals surface area contributed by atoms with Crippen LogP contribution in [0.1, 0.15) is 32.6 Å². The van der Waals surface area contributed by atoms with Crippen LogP contribution in [0, 0.1) is 5.41 Å². The Hall–Kier alpha value is -1.92. The van der Waals surface area contributed by atoms with Gasteiger partial charge in [0.2, 0.25) is 17.6 Å². The number of carbonyl (C=O) groups is 1. The van der Waals surface area contributed by atoms with Gasteiger partial charge in [-0.05, 0) is 25.0 Å². The molecular formula is C16H21ClN4O2. The Labute approximate surface area is 140 Å². The predicted octanol–water partition coefficient (Wildman–Crippen LogP) is 2.77. The highest BCUT2D eigenvalue weighted by atomic mass is 35.5. The quantitative estimate of drug-likeness (QED) is 0.810. The van der Waals surface area contributed by atoms with Gasteiger partial charge in [0, 0.05) is 17.1 Å². The summed E-state index contributed by atoms with van der Waals surface area (Å²) in [5.74, 6) is 0.687. The molecule has 1 amide bonds. The van der Waals surface area contributed by atoms with Crippen LogP contribution in [0.15, 0.2) is 28.8 Å². The van der Waals surface area contributed by atoms with E-state index in [0.717, 1.165) is 5.56 Å². The normalized spacial score (nSPS) is 11.5. The van der Waals surface area contributed by atoms with Crippen molar-refractivity contribution in [2.24, 2.45) is 11.1 Å². The third-order valence-electron chi connectivity index (χ3n) is 4.18. The molecule has 0 saturated carbocycles. The maximum atomic E-state index is 12.4. The van der Waals surface area contributed by atoms with Gasteiger partial charge in [0.05, 0.1) is 12.0 Å². The van der Waals surface area contributed by atoms with E-state index in [-0.39, 0.29) is 12.5 Å². The van der Waals surface area contributed by atoms with Crippen molar-refractivity contribution in [2.75, 3.05) is 6.54 Å². The number of nitrogens with zero attached hydrogens (tertiary/aromatic N) is 2. The first-order valence-electron chi connectivity index (χ1n) is 7.61. The molecule has 23 heavy (non-hydrogen) atoms. The molecule has 0 bridgehead atoms. The van der Waals surface area contributed by atoms with Gasteiger partial charge in [-0.3, -0.25) is 4.79 Å². The molecule has 0 aliphatic carbocycles. The molecule has 7 heteroatoms. The standard InChI is InChI=1S/C16H21ClN4O2/c1-3-16(4-2,10-18)15(22)19-9-13-20-14(21-23-13)11-6-5-7-12(17)8-11/h5-8H,3-4,9-10,18H2,1-2H3,(H,19,22). The zero-order valence-electron chi connectivity index (χ0n) is 13.3. The van der Waals surface area contributed by atoms with Gasteiger partial charge in [-0.15, -0.1) is 0 Å². The fraction of sp³-hybridized carbons (Fsp3) is 0.438. The Balaban J connectivity index is 2.04. The van der Waals surface area contributed by atoms with E-state index in [0.29, 0.717) is 36.1 Å². The zero-order chi connectivity index (χ0) is 16.9. The molecular weight excluding hydrogens is 316 g/mol. The average molecular weight is 337 g/mol. The second-order valence-electron chi connectivity index (χ2n) is 5.40. The van der Waals surface area contributed by atoms with E-state index in [4.69, 9.17) is 21.9 Å². The van der Waals surface area contributed by atoms with Crippen molar-refractivity contribution in [1.82, 2.24) is 15.5 Å². The van der Waals surface area contributed by atoms with Crippen LogP contribution < -0.4 is 11.1 Å². The van der Waals surface area contributed by atoms with E-state index in [2.05, 4.69) is 15.5 Å². The number of nitrogens with one attached hydrogen (secondary N) is 1. The van der Waals surface area contributed by atoms with E-state index in [1.54, 1.807) is 12.1 Å². The number of hydrogen-bond donors (Lipinski definition) is 2. The number of halogens is 1. The van der Waals surface area contributed by atoms with Crippen molar-refractivity contribution >= 4 is 17.5 Å². The lowest BCUT2D eigenvalue weighted by Gasteiger charge is -2.28. The molecule has 2 aromatic rings. The summed E-state index contributed by atoms with van der Waals surface area (Å²) in [6, 6.07) is 7.18. The maximum absolute atomic E-state index is 12.4. The SMILES string of the molecule is CCC(CC)(CN)C(=O)NCc1nc(-c2cccc(Cl)c2)no1. The summed E-state index contributed by atoms with van der Waals surface area (Å²) in [5, 5.41) is 7.33. The van der Waals surface area contributed by atoms with Gasteiger partial charge >= 0.3 is 0 Å². The first-order chi connectivity index (χ1) is 11.0. The molecule has 6 nitrogen and oxygen atoms in total. The summed E-state index contributed by atoms with van der Waals surface area (Å²) >= 11 is 5.95. The van der Waals surface area contributed by atoms with E-state index in [1.165, 1.54) is 0 Å². The fourth-order valence-corrected chi connectivity index (χ4v) is 2.56. The molecule has 0 saturated heterocycles. The number of nitrogens with two attached hydrogens (primary N) is 1. The molecule has 0 spiro atoms. The Morgan fingerprint density at radius 3 is 2.74 bits per heavy atom. The second-order valence-corrected chi connectivity index (χ2v) is 5.83. The summed E-state index contributed by atoms with van der Waals surface area (Å²) in [5.41, 5.74) is 5.98. The largest absolute Gasteiger partial charge is 0.346 e. The zero-order valence-corrected chi connectivity index (χ0v) is 14.1. The van der Waals surface area contributed by atoms with Gasteiger partial charge in [-0.25, -0.2) is 0 Å². The first kappa shape index (κ1) is 17.4. The molecule has 1 heterocycles. The smallest absolute Gasteiger partial charge is 0.246 e. The molecule has 0 aliphatic heterocycles. The maximum Gasteiger partial charge on any atom is 0.246 e. The summed E-state index contributed by atoms with van der Waals surface area (Å²) in [6.07, 6.45) is 1.37. The minimum absolute atomic E-state index is 0.0903. The third kappa shape index (κ3) is 3.89. The average Bonchev–Trinajstić information content (AvgIpc) is 3.04. The number of carbonyl (C=O) groups excluding carboxylic acids is 1. The molecule has 0 radical (unpaired) electrons. The molecule has 0 unspecified atom stereocenters. The van der Waals surface area contributed by atoms with Crippen LogP contribution in [0.5, 0.6) is 0 Å². The molecule has 0 fully saturated rings. The van der Waals surface area contributed by atoms with Crippen molar-refractivity contribution < 1.29 is 9.32 Å². The summed E-state index contributed by atoms with van der Waals surface area (Å²) in [7, 11) is 0. The van der Waals surface area contributed by atoms with E-state index in [9.17, 15) is 4.79 Å². The lowest BCUT2D eigenvalue weighted by atomic mass is 9.81. The van der Waals surface area contributed by atoms with Crippen molar-refractivity contribution in [2.45, 2.75) is 33.2 Å². The van der Waals surface area contributed by atoms with Crippen molar-refractivity contribution in [1.29, 1.82) is 0 Å². The Morgan fingerprint density at radius 2 is 2.13 bits per heavy atom. The Morgan fingerprint density at radius 1 is 1.39 bits per heavy atom. The van der Waals surface area contributed by atoms with Gasteiger partial charge < -0.3 is 15.6 Å². The van der Waals surface area contributed by atoms with Crippen LogP contribution in [-0.2, 0) is 11.3 Å². The van der Waals surface area contributed by atoms with Crippen molar-refractivity contribution in [3.63, 3.8) is 0 Å². The van der Waals surface area contributed by atoms with Crippen LogP contribution in [0.25, 0.3) is 11.4 Å². The van der Waals surface area contributed by atoms with Crippen molar-refractivity contribution in [3.8, 4) is 11.4 Å². The summed E-state index contributed by atoms with van der Waals surface area (Å²) in [4.78, 5) is 16.6. The number of aromatic nitrogens is 2. The highest BCUT2D eigenvalue weighted by Crippen LogP contribution is 2.25. The summed E-state index contributed by atoms with van der Waals surface area (Å²) in [6.45, 7) is 4.40. The van der Waals surface area contributed by atoms with Crippen LogP contribution in [0.2, 0.25) is 5.02 Å². The molecule has 0 aliphatic rings. The Kier molecular flexibility index (Phi) is 5.74. The van der Waals surface area contributed by atoms with Gasteiger partial charge in [0.15, 0.2) is 0 Å². The molecule has 0 atom stereocenters. The van der Waals surface area contributed by atoms with E-state index in [1.807, 2.05) is 26.0 Å². The fourth-order valence-electron chi connectivity index (χ4n) is 2.37. The van der Waals surface area contributed by atoms with Crippen LogP contribution in [-0.4, -0.2) is 22.6 Å². The Bertz CT molecular complexity index is 659. The van der Waals surface area contributed by atoms with Gasteiger partial charge in [-0.1, -0.05) is 42.7 Å². The minimum atomic E-state index is -0.546. The molecule has 124 valence electrons. The third-order valence-corrected chi connectivity index (χ3v) is 4.41. The van der Waals surface area contributed by atoms with E-state index >= 15 is 0 Å². The minimum Gasteiger partial charge on any atom is -0.346 e. The number of benzene rings is 1. The van der Waals surface area contributed by atoms with Gasteiger partial charge in [0.25, 0.3) is 0 Å². The monoisotopic (exact) mass is 336 g/mol. The van der Waals surface area contributed by atoms with E-state index < -0.39 is 5.41 Å². The molecule has 3 N–H and O–H groups in total. The van der Waals surface area contributed by atoms with Gasteiger partial charge in [-0.2, -0.15) is 4.98 Å². The highest BCUT2D eigenvalue weighted by Gasteiger charge is 2.33. The second kappa shape index (κ2) is 7.57. The van der Waals surface area contributed by atoms with Crippen LogP contribution in [0.4, 0.5) is 0 Å². The number of rotatable bonds is 7. The predicted molar refractivity (Wildman–Crippen MR) is 88.7 cm³/mol. The van der Waals surface area contributed by atoms with Crippen LogP contribution in [0.3, 0.4) is 0 Å². The summed E-state index contributed by atoms with van der Waals surface area (Å²) < 4.78 is 5.17. The molecule has 1 aromatic carbocycles. The topological polar surface area (TPSA) is 94.0 Å². The molecule has 2 rings (SSSR count). The number of amides is 1. The lowest BCUT2D eigenvalue weighted by molar-refractivity contribution is -0.131. The highest BCUT2D eigenvalue weighted by molar-refractivity contribution is 6.30.